The van der Waals surface area contributed by atoms with E-state index in [1.54, 1.807) is 17.0 Å². The molecule has 0 amide bonds. The molecule has 0 aliphatic heterocycles. The molecule has 1 aromatic rings. The van der Waals surface area contributed by atoms with Crippen molar-refractivity contribution < 1.29 is 5.21 Å². The molecule has 3 N–H and O–H groups in total. The fourth-order valence-electron chi connectivity index (χ4n) is 2.15. The van der Waals surface area contributed by atoms with Gasteiger partial charge in [-0.3, -0.25) is 4.79 Å². The first-order chi connectivity index (χ1) is 9.54. The molecule has 1 aromatic heterocycles. The van der Waals surface area contributed by atoms with E-state index in [9.17, 15) is 4.79 Å². The van der Waals surface area contributed by atoms with Crippen LogP contribution in [-0.2, 0) is 0 Å². The predicted molar refractivity (Wildman–Crippen MR) is 77.3 cm³/mol. The van der Waals surface area contributed by atoms with Crippen LogP contribution >= 0.6 is 0 Å². The lowest BCUT2D eigenvalue weighted by Crippen LogP contribution is -2.37. The fraction of sp³-hybridized carbons (Fsp3) is 0.615. The zero-order valence-corrected chi connectivity index (χ0v) is 11.9. The van der Waals surface area contributed by atoms with Crippen LogP contribution in [-0.4, -0.2) is 33.2 Å². The lowest BCUT2D eigenvalue weighted by Gasteiger charge is -2.23. The van der Waals surface area contributed by atoms with Gasteiger partial charge in [-0.05, 0) is 26.7 Å². The number of oxime groups is 1. The second-order valence-electron chi connectivity index (χ2n) is 5.32. The van der Waals surface area contributed by atoms with Gasteiger partial charge in [-0.25, -0.2) is 4.98 Å². The minimum atomic E-state index is -0.0890. The van der Waals surface area contributed by atoms with E-state index in [4.69, 9.17) is 10.9 Å². The molecule has 0 radical (unpaired) electrons. The highest BCUT2D eigenvalue weighted by atomic mass is 16.4. The first-order valence-corrected chi connectivity index (χ1v) is 6.84. The van der Waals surface area contributed by atoms with Crippen molar-refractivity contribution in [2.75, 3.05) is 11.4 Å². The quantitative estimate of drug-likeness (QED) is 0.349. The van der Waals surface area contributed by atoms with Gasteiger partial charge in [-0.2, -0.15) is 0 Å². The summed E-state index contributed by atoms with van der Waals surface area (Å²) in [6.45, 7) is 4.46. The molecule has 0 saturated heterocycles. The second-order valence-corrected chi connectivity index (χ2v) is 5.32. The van der Waals surface area contributed by atoms with Crippen LogP contribution in [0.3, 0.4) is 0 Å². The molecule has 0 unspecified atom stereocenters. The Morgan fingerprint density at radius 3 is 2.90 bits per heavy atom. The lowest BCUT2D eigenvalue weighted by molar-refractivity contribution is 0.317. The monoisotopic (exact) mass is 279 g/mol. The van der Waals surface area contributed by atoms with E-state index in [1.807, 2.05) is 18.7 Å². The first kappa shape index (κ1) is 14.4. The van der Waals surface area contributed by atoms with E-state index < -0.39 is 0 Å². The van der Waals surface area contributed by atoms with Crippen molar-refractivity contribution in [3.05, 3.63) is 22.7 Å². The van der Waals surface area contributed by atoms with Crippen molar-refractivity contribution in [1.29, 1.82) is 0 Å². The average molecular weight is 279 g/mol. The molecule has 2 rings (SSSR count). The third-order valence-corrected chi connectivity index (χ3v) is 3.40. The van der Waals surface area contributed by atoms with Crippen molar-refractivity contribution >= 4 is 11.7 Å². The molecular weight excluding hydrogens is 258 g/mol. The normalized spacial score (nSPS) is 15.7. The smallest absolute Gasteiger partial charge is 0.293 e. The maximum absolute atomic E-state index is 12.4. The van der Waals surface area contributed by atoms with Crippen LogP contribution < -0.4 is 16.2 Å². The van der Waals surface area contributed by atoms with Gasteiger partial charge in [-0.15, -0.1) is 0 Å². The Kier molecular flexibility index (Phi) is 4.26. The number of hydrogen-bond donors (Lipinski definition) is 2. The Labute approximate surface area is 117 Å². The maximum Gasteiger partial charge on any atom is 0.293 e. The van der Waals surface area contributed by atoms with Gasteiger partial charge in [0.15, 0.2) is 5.82 Å². The van der Waals surface area contributed by atoms with E-state index in [1.165, 1.54) is 0 Å². The third-order valence-electron chi connectivity index (χ3n) is 3.40. The number of rotatable bonds is 6. The van der Waals surface area contributed by atoms with Crippen LogP contribution in [0, 0.1) is 0 Å². The Balaban J connectivity index is 2.26. The van der Waals surface area contributed by atoms with Gasteiger partial charge < -0.3 is 20.4 Å². The highest BCUT2D eigenvalue weighted by Gasteiger charge is 2.31. The van der Waals surface area contributed by atoms with Crippen LogP contribution in [0.1, 0.15) is 39.2 Å². The second kappa shape index (κ2) is 5.94. The Bertz CT molecular complexity index is 548. The minimum Gasteiger partial charge on any atom is -0.409 e. The van der Waals surface area contributed by atoms with Crippen molar-refractivity contribution in [1.82, 2.24) is 9.55 Å². The molecule has 7 nitrogen and oxygen atoms in total. The van der Waals surface area contributed by atoms with Gasteiger partial charge in [-0.1, -0.05) is 5.16 Å². The third kappa shape index (κ3) is 3.09. The van der Waals surface area contributed by atoms with Gasteiger partial charge in [0.05, 0.1) is 0 Å². The summed E-state index contributed by atoms with van der Waals surface area (Å²) in [4.78, 5) is 18.7. The molecule has 1 heterocycles. The van der Waals surface area contributed by atoms with Crippen molar-refractivity contribution in [2.45, 2.75) is 45.2 Å². The molecule has 110 valence electrons. The Morgan fingerprint density at radius 1 is 1.65 bits per heavy atom. The highest BCUT2D eigenvalue weighted by Crippen LogP contribution is 2.29. The molecule has 1 fully saturated rings. The van der Waals surface area contributed by atoms with Crippen molar-refractivity contribution in [3.63, 3.8) is 0 Å². The molecule has 1 saturated carbocycles. The van der Waals surface area contributed by atoms with Crippen LogP contribution in [0.5, 0.6) is 0 Å². The summed E-state index contributed by atoms with van der Waals surface area (Å²) in [7, 11) is 0. The van der Waals surface area contributed by atoms with Gasteiger partial charge in [0, 0.05) is 37.4 Å². The molecule has 0 bridgehead atoms. The van der Waals surface area contributed by atoms with E-state index in [0.29, 0.717) is 24.8 Å². The topological polar surface area (TPSA) is 96.7 Å². The predicted octanol–water partition coefficient (Wildman–Crippen LogP) is 0.929. The number of amidine groups is 1. The Hall–Kier alpha value is -2.05. The van der Waals surface area contributed by atoms with Crippen LogP contribution in [0.15, 0.2) is 22.3 Å². The van der Waals surface area contributed by atoms with Crippen molar-refractivity contribution in [2.24, 2.45) is 10.9 Å². The molecule has 1 aliphatic rings. The summed E-state index contributed by atoms with van der Waals surface area (Å²) in [6.07, 6.45) is 5.85. The number of aromatic nitrogens is 2. The molecule has 1 aliphatic carbocycles. The van der Waals surface area contributed by atoms with Gasteiger partial charge >= 0.3 is 0 Å². The highest BCUT2D eigenvalue weighted by molar-refractivity contribution is 5.80. The first-order valence-electron chi connectivity index (χ1n) is 6.84. The molecule has 0 atom stereocenters. The summed E-state index contributed by atoms with van der Waals surface area (Å²) in [5, 5.41) is 11.6. The van der Waals surface area contributed by atoms with Crippen LogP contribution in [0.2, 0.25) is 0 Å². The minimum absolute atomic E-state index is 0.0890. The fourth-order valence-corrected chi connectivity index (χ4v) is 2.15. The van der Waals surface area contributed by atoms with Crippen molar-refractivity contribution in [3.8, 4) is 0 Å². The molecule has 0 aromatic carbocycles. The Morgan fingerprint density at radius 2 is 2.35 bits per heavy atom. The summed E-state index contributed by atoms with van der Waals surface area (Å²) >= 11 is 0. The summed E-state index contributed by atoms with van der Waals surface area (Å²) in [6, 6.07) is 0.430. The SMILES string of the molecule is CC(C)n1ccnc(N(CCC(N)=NO)C2CC2)c1=O. The van der Waals surface area contributed by atoms with Gasteiger partial charge in [0.25, 0.3) is 5.56 Å². The summed E-state index contributed by atoms with van der Waals surface area (Å²) in [5.41, 5.74) is 5.42. The van der Waals surface area contributed by atoms with E-state index in [0.717, 1.165) is 12.8 Å². The average Bonchev–Trinajstić information content (AvgIpc) is 3.24. The standard InChI is InChI=1S/C13H21N5O2/c1-9(2)17-8-6-15-12(13(17)19)18(10-3-4-10)7-5-11(14)16-20/h6,8-10,20H,3-5,7H2,1-2H3,(H2,14,16). The van der Waals surface area contributed by atoms with Crippen LogP contribution in [0.25, 0.3) is 0 Å². The number of nitrogens with zero attached hydrogens (tertiary/aromatic N) is 4. The van der Waals surface area contributed by atoms with Gasteiger partial charge in [0.2, 0.25) is 0 Å². The molecule has 7 heteroatoms. The lowest BCUT2D eigenvalue weighted by atomic mass is 10.3. The molecule has 20 heavy (non-hydrogen) atoms. The maximum atomic E-state index is 12.4. The number of hydrogen-bond acceptors (Lipinski definition) is 5. The van der Waals surface area contributed by atoms with E-state index >= 15 is 0 Å². The zero-order chi connectivity index (χ0) is 14.7. The summed E-state index contributed by atoms with van der Waals surface area (Å²) in [5.74, 6) is 0.616. The number of anilines is 1. The molecular formula is C13H21N5O2. The zero-order valence-electron chi connectivity index (χ0n) is 11.9. The van der Waals surface area contributed by atoms with Gasteiger partial charge in [0.1, 0.15) is 5.84 Å². The van der Waals surface area contributed by atoms with Crippen LogP contribution in [0.4, 0.5) is 5.82 Å². The largest absolute Gasteiger partial charge is 0.409 e. The van der Waals surface area contributed by atoms with E-state index in [2.05, 4.69) is 10.1 Å². The molecule has 0 spiro atoms. The number of nitrogens with two attached hydrogens (primary N) is 1. The summed E-state index contributed by atoms with van der Waals surface area (Å²) < 4.78 is 1.67. The van der Waals surface area contributed by atoms with E-state index in [-0.39, 0.29) is 17.4 Å².